The van der Waals surface area contributed by atoms with Gasteiger partial charge < -0.3 is 10.2 Å². The van der Waals surface area contributed by atoms with Crippen molar-refractivity contribution in [2.75, 3.05) is 36.4 Å². The van der Waals surface area contributed by atoms with Crippen LogP contribution in [0.15, 0.2) is 103 Å². The molecule has 178 valence electrons. The number of pyridine rings is 1. The Morgan fingerprint density at radius 1 is 0.833 bits per heavy atom. The Morgan fingerprint density at radius 3 is 2.25 bits per heavy atom. The van der Waals surface area contributed by atoms with Crippen LogP contribution in [-0.4, -0.2) is 42.0 Å². The monoisotopic (exact) mass is 472 g/mol. The van der Waals surface area contributed by atoms with Crippen molar-refractivity contribution in [3.63, 3.8) is 0 Å². The van der Waals surface area contributed by atoms with E-state index in [0.717, 1.165) is 43.1 Å². The number of piperazine rings is 1. The van der Waals surface area contributed by atoms with Crippen LogP contribution in [0.1, 0.15) is 22.7 Å². The molecule has 5 nitrogen and oxygen atoms in total. The van der Waals surface area contributed by atoms with Crippen molar-refractivity contribution in [1.82, 2.24) is 9.88 Å². The molecule has 1 aliphatic carbocycles. The van der Waals surface area contributed by atoms with Gasteiger partial charge in [-0.25, -0.2) is 0 Å². The maximum Gasteiger partial charge on any atom is 0.248 e. The van der Waals surface area contributed by atoms with Crippen molar-refractivity contribution in [3.8, 4) is 11.1 Å². The van der Waals surface area contributed by atoms with Crippen molar-refractivity contribution >= 4 is 23.4 Å². The Hall–Kier alpha value is -4.22. The molecule has 36 heavy (non-hydrogen) atoms. The molecule has 2 aliphatic rings. The van der Waals surface area contributed by atoms with Gasteiger partial charge in [-0.3, -0.25) is 14.7 Å². The maximum atomic E-state index is 12.4. The van der Waals surface area contributed by atoms with Crippen LogP contribution in [0.3, 0.4) is 0 Å². The van der Waals surface area contributed by atoms with Gasteiger partial charge >= 0.3 is 0 Å². The molecule has 1 amide bonds. The van der Waals surface area contributed by atoms with E-state index in [1.54, 1.807) is 24.5 Å². The van der Waals surface area contributed by atoms with E-state index in [2.05, 4.69) is 80.8 Å². The van der Waals surface area contributed by atoms with E-state index >= 15 is 0 Å². The van der Waals surface area contributed by atoms with E-state index in [0.29, 0.717) is 6.04 Å². The Bertz CT molecular complexity index is 1360. The van der Waals surface area contributed by atoms with Crippen molar-refractivity contribution < 1.29 is 4.79 Å². The highest BCUT2D eigenvalue weighted by molar-refractivity contribution is 6.02. The van der Waals surface area contributed by atoms with Gasteiger partial charge in [0.1, 0.15) is 0 Å². The normalized spacial score (nSPS) is 15.6. The predicted octanol–water partition coefficient (Wildman–Crippen LogP) is 5.63. The van der Waals surface area contributed by atoms with Crippen LogP contribution in [-0.2, 0) is 4.79 Å². The highest BCUT2D eigenvalue weighted by atomic mass is 16.1. The number of carbonyl (C=O) groups is 1. The van der Waals surface area contributed by atoms with Gasteiger partial charge in [0.25, 0.3) is 0 Å². The minimum Gasteiger partial charge on any atom is -0.369 e. The third kappa shape index (κ3) is 4.41. The molecule has 0 bridgehead atoms. The fraction of sp³-hybridized carbons (Fsp3) is 0.161. The third-order valence-corrected chi connectivity index (χ3v) is 7.07. The fourth-order valence-corrected chi connectivity index (χ4v) is 5.37. The van der Waals surface area contributed by atoms with E-state index in [4.69, 9.17) is 0 Å². The lowest BCUT2D eigenvalue weighted by Gasteiger charge is -2.39. The van der Waals surface area contributed by atoms with Gasteiger partial charge in [-0.1, -0.05) is 60.7 Å². The molecule has 0 radical (unpaired) electrons. The molecule has 0 unspecified atom stereocenters. The molecule has 1 aliphatic heterocycles. The quantitative estimate of drug-likeness (QED) is 0.383. The number of hydrogen-bond acceptors (Lipinski definition) is 4. The number of carbonyl (C=O) groups excluding carboxylic acids is 1. The van der Waals surface area contributed by atoms with E-state index in [1.807, 2.05) is 24.3 Å². The van der Waals surface area contributed by atoms with Gasteiger partial charge in [-0.05, 0) is 58.2 Å². The first kappa shape index (κ1) is 22.3. The zero-order valence-electron chi connectivity index (χ0n) is 20.0. The predicted molar refractivity (Wildman–Crippen MR) is 146 cm³/mol. The molecule has 1 aromatic heterocycles. The summed E-state index contributed by atoms with van der Waals surface area (Å²) in [7, 11) is 0. The van der Waals surface area contributed by atoms with E-state index in [1.165, 1.54) is 22.3 Å². The smallest absolute Gasteiger partial charge is 0.248 e. The van der Waals surface area contributed by atoms with Gasteiger partial charge in [0, 0.05) is 56.0 Å². The number of nitrogens with one attached hydrogen (secondary N) is 1. The van der Waals surface area contributed by atoms with E-state index in [-0.39, 0.29) is 5.91 Å². The van der Waals surface area contributed by atoms with E-state index < -0.39 is 0 Å². The van der Waals surface area contributed by atoms with Gasteiger partial charge in [-0.15, -0.1) is 0 Å². The number of nitrogens with zero attached hydrogens (tertiary/aromatic N) is 3. The number of rotatable bonds is 5. The second-order valence-electron chi connectivity index (χ2n) is 9.26. The zero-order chi connectivity index (χ0) is 24.3. The number of aromatic nitrogens is 1. The maximum absolute atomic E-state index is 12.4. The Labute approximate surface area is 211 Å². The topological polar surface area (TPSA) is 48.5 Å². The summed E-state index contributed by atoms with van der Waals surface area (Å²) in [4.78, 5) is 21.5. The summed E-state index contributed by atoms with van der Waals surface area (Å²) >= 11 is 0. The zero-order valence-corrected chi connectivity index (χ0v) is 20.0. The summed E-state index contributed by atoms with van der Waals surface area (Å²) < 4.78 is 0. The minimum absolute atomic E-state index is 0.153. The lowest BCUT2D eigenvalue weighted by Crippen LogP contribution is -2.47. The number of hydrogen-bond donors (Lipinski definition) is 1. The Balaban J connectivity index is 1.12. The van der Waals surface area contributed by atoms with Gasteiger partial charge in [0.15, 0.2) is 0 Å². The van der Waals surface area contributed by atoms with Crippen LogP contribution >= 0.6 is 0 Å². The van der Waals surface area contributed by atoms with Crippen LogP contribution in [0, 0.1) is 0 Å². The third-order valence-electron chi connectivity index (χ3n) is 7.07. The Morgan fingerprint density at radius 2 is 1.56 bits per heavy atom. The summed E-state index contributed by atoms with van der Waals surface area (Å²) in [5, 5.41) is 2.98. The summed E-state index contributed by atoms with van der Waals surface area (Å²) in [5.41, 5.74) is 8.38. The molecule has 2 heterocycles. The first-order chi connectivity index (χ1) is 17.8. The molecule has 4 aromatic rings. The van der Waals surface area contributed by atoms with Crippen LogP contribution in [0.2, 0.25) is 0 Å². The van der Waals surface area contributed by atoms with Crippen molar-refractivity contribution in [2.24, 2.45) is 0 Å². The molecular weight excluding hydrogens is 444 g/mol. The lowest BCUT2D eigenvalue weighted by atomic mass is 10.0. The van der Waals surface area contributed by atoms with Gasteiger partial charge in [0.05, 0.1) is 6.04 Å². The molecule has 1 saturated heterocycles. The van der Waals surface area contributed by atoms with Gasteiger partial charge in [0.2, 0.25) is 5.91 Å². The van der Waals surface area contributed by atoms with E-state index in [9.17, 15) is 4.79 Å². The molecule has 0 spiro atoms. The molecule has 5 heteroatoms. The first-order valence-corrected chi connectivity index (χ1v) is 12.4. The highest BCUT2D eigenvalue weighted by Gasteiger charge is 2.34. The van der Waals surface area contributed by atoms with Crippen molar-refractivity contribution in [3.05, 3.63) is 120 Å². The largest absolute Gasteiger partial charge is 0.369 e. The second-order valence-corrected chi connectivity index (χ2v) is 9.26. The van der Waals surface area contributed by atoms with Crippen LogP contribution < -0.4 is 10.2 Å². The summed E-state index contributed by atoms with van der Waals surface area (Å²) in [6, 6.07) is 29.8. The molecule has 0 saturated carbocycles. The number of fused-ring (bicyclic) bond motifs is 3. The molecule has 3 aromatic carbocycles. The average molecular weight is 473 g/mol. The number of benzene rings is 3. The molecule has 1 fully saturated rings. The summed E-state index contributed by atoms with van der Waals surface area (Å²) in [6.45, 7) is 3.85. The molecule has 1 N–H and O–H groups in total. The van der Waals surface area contributed by atoms with Gasteiger partial charge in [-0.2, -0.15) is 0 Å². The summed E-state index contributed by atoms with van der Waals surface area (Å²) in [6.07, 6.45) is 6.76. The average Bonchev–Trinajstić information content (AvgIpc) is 3.27. The lowest BCUT2D eigenvalue weighted by molar-refractivity contribution is -0.111. The summed E-state index contributed by atoms with van der Waals surface area (Å²) in [5.74, 6) is -0.153. The molecular formula is C31H28N4O. The SMILES string of the molecule is O=C(/C=C\c1cccnc1)Nc1cccc(N2CCN(C3c4ccccc4-c4ccccc43)CC2)c1. The Kier molecular flexibility index (Phi) is 6.06. The standard InChI is InChI=1S/C31H28N4O/c36-30(15-14-23-7-6-16-32-22-23)33-24-8-5-9-25(21-24)34-17-19-35(20-18-34)31-28-12-3-1-10-26(28)27-11-2-4-13-29(27)31/h1-16,21-22,31H,17-20H2,(H,33,36)/b15-14-. The van der Waals surface area contributed by atoms with Crippen LogP contribution in [0.5, 0.6) is 0 Å². The van der Waals surface area contributed by atoms with Crippen LogP contribution in [0.25, 0.3) is 17.2 Å². The number of anilines is 2. The molecule has 6 rings (SSSR count). The van der Waals surface area contributed by atoms with Crippen molar-refractivity contribution in [1.29, 1.82) is 0 Å². The second kappa shape index (κ2) is 9.80. The first-order valence-electron chi connectivity index (χ1n) is 12.4. The fourth-order valence-electron chi connectivity index (χ4n) is 5.37. The number of amides is 1. The highest BCUT2D eigenvalue weighted by Crippen LogP contribution is 2.46. The van der Waals surface area contributed by atoms with Crippen molar-refractivity contribution in [2.45, 2.75) is 6.04 Å². The minimum atomic E-state index is -0.153. The van der Waals surface area contributed by atoms with Crippen LogP contribution in [0.4, 0.5) is 11.4 Å². The molecule has 0 atom stereocenters.